The second kappa shape index (κ2) is 10.2. The molecule has 1 heterocycles. The zero-order valence-corrected chi connectivity index (χ0v) is 19.9. The van der Waals surface area contributed by atoms with Crippen LogP contribution in [0.25, 0.3) is 0 Å². The molecule has 1 unspecified atom stereocenters. The first kappa shape index (κ1) is 24.4. The van der Waals surface area contributed by atoms with Crippen LogP contribution in [0.2, 0.25) is 5.02 Å². The fourth-order valence-electron chi connectivity index (χ4n) is 3.09. The van der Waals surface area contributed by atoms with Gasteiger partial charge in [-0.05, 0) is 35.9 Å². The molecule has 33 heavy (non-hydrogen) atoms. The number of imidazole rings is 1. The van der Waals surface area contributed by atoms with Crippen molar-refractivity contribution >= 4 is 33.4 Å². The molecule has 0 bridgehead atoms. The number of benzene rings is 2. The van der Waals surface area contributed by atoms with Crippen molar-refractivity contribution in [3.63, 3.8) is 0 Å². The molecule has 0 aliphatic rings. The van der Waals surface area contributed by atoms with E-state index < -0.39 is 27.9 Å². The molecule has 3 rings (SSSR count). The number of carbonyl (C=O) groups excluding carboxylic acids is 2. The predicted octanol–water partition coefficient (Wildman–Crippen LogP) is 1.96. The Balaban J connectivity index is 1.71. The van der Waals surface area contributed by atoms with Crippen LogP contribution in [-0.2, 0) is 21.9 Å². The second-order valence-corrected chi connectivity index (χ2v) is 10.0. The Kier molecular flexibility index (Phi) is 7.52. The minimum atomic E-state index is -3.69. The van der Waals surface area contributed by atoms with Crippen LogP contribution in [0.1, 0.15) is 27.8 Å². The molecule has 0 saturated heterocycles. The van der Waals surface area contributed by atoms with E-state index in [1.54, 1.807) is 41.2 Å². The number of nitrogens with zero attached hydrogens (tertiary/aromatic N) is 3. The number of amides is 2. The molecule has 2 aromatic carbocycles. The molecule has 3 aromatic rings. The van der Waals surface area contributed by atoms with E-state index >= 15 is 0 Å². The van der Waals surface area contributed by atoms with Gasteiger partial charge in [0.05, 0.1) is 11.4 Å². The summed E-state index contributed by atoms with van der Waals surface area (Å²) >= 11 is 5.98. The maximum atomic E-state index is 12.7. The van der Waals surface area contributed by atoms with E-state index in [2.05, 4.69) is 15.6 Å². The van der Waals surface area contributed by atoms with Crippen molar-refractivity contribution in [3.8, 4) is 0 Å². The molecule has 0 aliphatic heterocycles. The lowest BCUT2D eigenvalue weighted by atomic mass is 10.1. The Bertz CT molecular complexity index is 1260. The van der Waals surface area contributed by atoms with Crippen molar-refractivity contribution in [2.24, 2.45) is 7.05 Å². The number of hydrogen-bond acceptors (Lipinski definition) is 5. The number of halogens is 1. The molecule has 11 heteroatoms. The highest BCUT2D eigenvalue weighted by Crippen LogP contribution is 2.22. The van der Waals surface area contributed by atoms with E-state index in [0.29, 0.717) is 10.8 Å². The van der Waals surface area contributed by atoms with Crippen LogP contribution in [-0.4, -0.2) is 54.7 Å². The van der Waals surface area contributed by atoms with Gasteiger partial charge in [-0.15, -0.1) is 0 Å². The van der Waals surface area contributed by atoms with Gasteiger partial charge in [0.15, 0.2) is 0 Å². The van der Waals surface area contributed by atoms with Crippen molar-refractivity contribution in [1.29, 1.82) is 0 Å². The summed E-state index contributed by atoms with van der Waals surface area (Å²) in [4.78, 5) is 29.5. The number of carbonyl (C=O) groups is 2. The second-order valence-electron chi connectivity index (χ2n) is 7.45. The van der Waals surface area contributed by atoms with Gasteiger partial charge in [-0.1, -0.05) is 29.8 Å². The van der Waals surface area contributed by atoms with Crippen molar-refractivity contribution in [2.45, 2.75) is 10.9 Å². The van der Waals surface area contributed by atoms with Crippen molar-refractivity contribution in [1.82, 2.24) is 24.5 Å². The maximum absolute atomic E-state index is 12.7. The average Bonchev–Trinajstić information content (AvgIpc) is 3.22. The molecule has 0 radical (unpaired) electrons. The summed E-state index contributed by atoms with van der Waals surface area (Å²) in [6.07, 6.45) is 3.39. The van der Waals surface area contributed by atoms with Crippen LogP contribution in [0.4, 0.5) is 0 Å². The molecule has 2 amide bonds. The summed E-state index contributed by atoms with van der Waals surface area (Å²) in [5.74, 6) is -0.400. The topological polar surface area (TPSA) is 113 Å². The predicted molar refractivity (Wildman–Crippen MR) is 124 cm³/mol. The van der Waals surface area contributed by atoms with E-state index in [4.69, 9.17) is 11.6 Å². The summed E-state index contributed by atoms with van der Waals surface area (Å²) < 4.78 is 27.5. The number of aromatic nitrogens is 2. The van der Waals surface area contributed by atoms with Crippen LogP contribution < -0.4 is 10.6 Å². The van der Waals surface area contributed by atoms with E-state index in [9.17, 15) is 18.0 Å². The van der Waals surface area contributed by atoms with Crippen LogP contribution in [0.3, 0.4) is 0 Å². The number of sulfonamides is 1. The molecule has 0 aliphatic carbocycles. The summed E-state index contributed by atoms with van der Waals surface area (Å²) in [5.41, 5.74) is 0.902. The molecular weight excluding hydrogens is 466 g/mol. The third kappa shape index (κ3) is 5.78. The number of nitrogens with one attached hydrogen (secondary N) is 2. The van der Waals surface area contributed by atoms with Gasteiger partial charge in [-0.25, -0.2) is 17.7 Å². The SMILES string of the molecule is CN(C)S(=O)(=O)c1cccc(C(=O)NCC(=O)NC(c2ccc(Cl)cc2)c2nccn2C)c1. The number of aryl methyl sites for hydroxylation is 1. The normalized spacial score (nSPS) is 12.4. The molecule has 174 valence electrons. The zero-order valence-electron chi connectivity index (χ0n) is 18.3. The Labute approximate surface area is 197 Å². The van der Waals surface area contributed by atoms with E-state index in [-0.39, 0.29) is 17.0 Å². The van der Waals surface area contributed by atoms with Gasteiger partial charge < -0.3 is 15.2 Å². The van der Waals surface area contributed by atoms with Gasteiger partial charge in [0.1, 0.15) is 11.9 Å². The lowest BCUT2D eigenvalue weighted by Crippen LogP contribution is -2.39. The average molecular weight is 490 g/mol. The minimum absolute atomic E-state index is 0.0119. The van der Waals surface area contributed by atoms with Crippen molar-refractivity contribution in [3.05, 3.63) is 82.9 Å². The fourth-order valence-corrected chi connectivity index (χ4v) is 4.16. The van der Waals surface area contributed by atoms with Gasteiger partial charge in [0.25, 0.3) is 5.91 Å². The summed E-state index contributed by atoms with van der Waals surface area (Å²) in [6.45, 7) is -0.308. The highest BCUT2D eigenvalue weighted by atomic mass is 35.5. The van der Waals surface area contributed by atoms with Gasteiger partial charge in [-0.3, -0.25) is 9.59 Å². The smallest absolute Gasteiger partial charge is 0.251 e. The highest BCUT2D eigenvalue weighted by molar-refractivity contribution is 7.89. The van der Waals surface area contributed by atoms with Gasteiger partial charge in [-0.2, -0.15) is 0 Å². The Morgan fingerprint density at radius 1 is 1.15 bits per heavy atom. The summed E-state index contributed by atoms with van der Waals surface area (Å²) in [6, 6.07) is 12.1. The highest BCUT2D eigenvalue weighted by Gasteiger charge is 2.22. The molecule has 1 atom stereocenters. The Morgan fingerprint density at radius 3 is 2.45 bits per heavy atom. The quantitative estimate of drug-likeness (QED) is 0.502. The molecular formula is C22H24ClN5O4S. The fraction of sp³-hybridized carbons (Fsp3) is 0.227. The van der Waals surface area contributed by atoms with Gasteiger partial charge >= 0.3 is 0 Å². The Morgan fingerprint density at radius 2 is 1.85 bits per heavy atom. The molecule has 0 fully saturated rings. The third-order valence-electron chi connectivity index (χ3n) is 4.91. The van der Waals surface area contributed by atoms with Crippen LogP contribution in [0.5, 0.6) is 0 Å². The Hall–Kier alpha value is -3.21. The molecule has 9 nitrogen and oxygen atoms in total. The number of hydrogen-bond donors (Lipinski definition) is 2. The maximum Gasteiger partial charge on any atom is 0.251 e. The van der Waals surface area contributed by atoms with E-state index in [1.807, 2.05) is 7.05 Å². The first-order valence-corrected chi connectivity index (χ1v) is 11.7. The zero-order chi connectivity index (χ0) is 24.2. The summed E-state index contributed by atoms with van der Waals surface area (Å²) in [7, 11) is 0.942. The van der Waals surface area contributed by atoms with Crippen LogP contribution in [0, 0.1) is 0 Å². The van der Waals surface area contributed by atoms with Crippen molar-refractivity contribution < 1.29 is 18.0 Å². The number of rotatable bonds is 8. The minimum Gasteiger partial charge on any atom is -0.343 e. The van der Waals surface area contributed by atoms with Crippen LogP contribution >= 0.6 is 11.6 Å². The summed E-state index contributed by atoms with van der Waals surface area (Å²) in [5, 5.41) is 5.96. The largest absolute Gasteiger partial charge is 0.343 e. The first-order valence-electron chi connectivity index (χ1n) is 9.92. The molecule has 0 saturated carbocycles. The van der Waals surface area contributed by atoms with E-state index in [1.165, 1.54) is 38.4 Å². The standard InChI is InChI=1S/C22H24ClN5O4S/c1-27(2)33(31,32)18-6-4-5-16(13-18)22(30)25-14-19(29)26-20(21-24-11-12-28(21)3)15-7-9-17(23)10-8-15/h4-13,20H,14H2,1-3H3,(H,25,30)(H,26,29). The van der Waals surface area contributed by atoms with Gasteiger partial charge in [0, 0.05) is 44.1 Å². The first-order chi connectivity index (χ1) is 15.6. The lowest BCUT2D eigenvalue weighted by molar-refractivity contribution is -0.120. The lowest BCUT2D eigenvalue weighted by Gasteiger charge is -2.19. The van der Waals surface area contributed by atoms with Gasteiger partial charge in [0.2, 0.25) is 15.9 Å². The van der Waals surface area contributed by atoms with Crippen LogP contribution in [0.15, 0.2) is 65.8 Å². The molecule has 0 spiro atoms. The monoisotopic (exact) mass is 489 g/mol. The third-order valence-corrected chi connectivity index (χ3v) is 6.97. The van der Waals surface area contributed by atoms with E-state index in [0.717, 1.165) is 9.87 Å². The molecule has 2 N–H and O–H groups in total. The van der Waals surface area contributed by atoms with Crippen molar-refractivity contribution in [2.75, 3.05) is 20.6 Å². The molecule has 1 aromatic heterocycles.